The molecule has 2 saturated heterocycles. The van der Waals surface area contributed by atoms with Crippen LogP contribution in [-0.2, 0) is 4.79 Å². The number of hydrogen-bond donors (Lipinski definition) is 0. The first-order valence-electron chi connectivity index (χ1n) is 8.52. The molecule has 2 amide bonds. The molecule has 7 heteroatoms. The van der Waals surface area contributed by atoms with Crippen LogP contribution in [0.5, 0.6) is 0 Å². The molecular formula is C18H20N4O3. The third kappa shape index (κ3) is 2.69. The van der Waals surface area contributed by atoms with Crippen molar-refractivity contribution in [3.63, 3.8) is 0 Å². The van der Waals surface area contributed by atoms with Crippen LogP contribution in [0.4, 0.5) is 5.69 Å². The van der Waals surface area contributed by atoms with E-state index in [1.165, 1.54) is 6.33 Å². The molecule has 4 heterocycles. The average Bonchev–Trinajstić information content (AvgIpc) is 3.20. The first-order chi connectivity index (χ1) is 12.1. The maximum Gasteiger partial charge on any atom is 0.289 e. The molecule has 25 heavy (non-hydrogen) atoms. The quantitative estimate of drug-likeness (QED) is 0.836. The van der Waals surface area contributed by atoms with E-state index in [1.807, 2.05) is 6.92 Å². The number of nitrogens with zero attached hydrogens (tertiary/aromatic N) is 4. The zero-order chi connectivity index (χ0) is 17.4. The van der Waals surface area contributed by atoms with Crippen LogP contribution >= 0.6 is 0 Å². The van der Waals surface area contributed by atoms with Gasteiger partial charge in [0.2, 0.25) is 5.91 Å². The van der Waals surface area contributed by atoms with Crippen LogP contribution in [0.2, 0.25) is 0 Å². The van der Waals surface area contributed by atoms with Crippen molar-refractivity contribution in [3.05, 3.63) is 42.4 Å². The minimum Gasteiger partial charge on any atom is -0.456 e. The van der Waals surface area contributed by atoms with Gasteiger partial charge in [0.15, 0.2) is 5.76 Å². The van der Waals surface area contributed by atoms with Gasteiger partial charge in [-0.15, -0.1) is 0 Å². The molecule has 1 atom stereocenters. The molecule has 0 bridgehead atoms. The Morgan fingerprint density at radius 2 is 2.00 bits per heavy atom. The van der Waals surface area contributed by atoms with Gasteiger partial charge in [-0.2, -0.15) is 0 Å². The molecule has 2 fully saturated rings. The molecule has 0 N–H and O–H groups in total. The Morgan fingerprint density at radius 1 is 1.20 bits per heavy atom. The van der Waals surface area contributed by atoms with Crippen molar-refractivity contribution in [2.45, 2.75) is 26.2 Å². The largest absolute Gasteiger partial charge is 0.456 e. The lowest BCUT2D eigenvalue weighted by Crippen LogP contribution is -2.49. The summed E-state index contributed by atoms with van der Waals surface area (Å²) in [7, 11) is 0. The first-order valence-corrected chi connectivity index (χ1v) is 8.52. The zero-order valence-corrected chi connectivity index (χ0v) is 14.1. The highest BCUT2D eigenvalue weighted by molar-refractivity contribution is 6.00. The minimum absolute atomic E-state index is 0.0652. The summed E-state index contributed by atoms with van der Waals surface area (Å²) >= 11 is 0. The van der Waals surface area contributed by atoms with E-state index in [0.717, 1.165) is 24.9 Å². The Bertz CT molecular complexity index is 804. The van der Waals surface area contributed by atoms with Crippen molar-refractivity contribution < 1.29 is 14.0 Å². The summed E-state index contributed by atoms with van der Waals surface area (Å²) < 4.78 is 5.46. The van der Waals surface area contributed by atoms with Crippen molar-refractivity contribution in [1.29, 1.82) is 0 Å². The number of anilines is 1. The van der Waals surface area contributed by atoms with Gasteiger partial charge in [0, 0.05) is 19.6 Å². The van der Waals surface area contributed by atoms with Gasteiger partial charge in [-0.3, -0.25) is 9.59 Å². The van der Waals surface area contributed by atoms with Crippen molar-refractivity contribution in [2.24, 2.45) is 5.41 Å². The SMILES string of the molecule is Cc1ccc(C(=O)N2CCC[C@@]3(CCN(c4cncnc4)C3=O)C2)o1. The second-order valence-electron chi connectivity index (χ2n) is 6.82. The monoisotopic (exact) mass is 340 g/mol. The average molecular weight is 340 g/mol. The summed E-state index contributed by atoms with van der Waals surface area (Å²) in [5.41, 5.74) is 0.209. The fourth-order valence-electron chi connectivity index (χ4n) is 3.89. The van der Waals surface area contributed by atoms with Crippen LogP contribution in [0.1, 0.15) is 35.6 Å². The molecule has 2 aromatic rings. The molecule has 2 aliphatic rings. The number of furan rings is 1. The fraction of sp³-hybridized carbons (Fsp3) is 0.444. The van der Waals surface area contributed by atoms with E-state index in [0.29, 0.717) is 31.2 Å². The van der Waals surface area contributed by atoms with Crippen LogP contribution in [0, 0.1) is 12.3 Å². The van der Waals surface area contributed by atoms with E-state index in [2.05, 4.69) is 9.97 Å². The van der Waals surface area contributed by atoms with Gasteiger partial charge in [0.25, 0.3) is 5.91 Å². The summed E-state index contributed by atoms with van der Waals surface area (Å²) in [5, 5.41) is 0. The number of aryl methyl sites for hydroxylation is 1. The summed E-state index contributed by atoms with van der Waals surface area (Å²) in [4.78, 5) is 37.3. The molecule has 7 nitrogen and oxygen atoms in total. The standard InChI is InChI=1S/C18H20N4O3/c1-13-3-4-15(25-13)16(23)21-7-2-5-18(11-21)6-8-22(17(18)24)14-9-19-12-20-10-14/h3-4,9-10,12H,2,5-8,11H2,1H3/t18-/m1/s1. The number of carbonyl (C=O) groups excluding carboxylic acids is 2. The molecule has 0 aliphatic carbocycles. The van der Waals surface area contributed by atoms with Crippen LogP contribution < -0.4 is 4.90 Å². The van der Waals surface area contributed by atoms with Gasteiger partial charge in [0.05, 0.1) is 23.5 Å². The molecule has 2 aromatic heterocycles. The predicted molar refractivity (Wildman–Crippen MR) is 90.0 cm³/mol. The molecule has 0 saturated carbocycles. The second-order valence-corrected chi connectivity index (χ2v) is 6.82. The van der Waals surface area contributed by atoms with Gasteiger partial charge in [0.1, 0.15) is 12.1 Å². The van der Waals surface area contributed by atoms with Crippen LogP contribution in [-0.4, -0.2) is 46.3 Å². The molecule has 0 radical (unpaired) electrons. The van der Waals surface area contributed by atoms with Crippen molar-refractivity contribution >= 4 is 17.5 Å². The molecule has 0 unspecified atom stereocenters. The maximum absolute atomic E-state index is 13.1. The Balaban J connectivity index is 1.54. The second kappa shape index (κ2) is 5.98. The van der Waals surface area contributed by atoms with Gasteiger partial charge >= 0.3 is 0 Å². The molecule has 0 aromatic carbocycles. The van der Waals surface area contributed by atoms with E-state index < -0.39 is 5.41 Å². The minimum atomic E-state index is -0.509. The number of aromatic nitrogens is 2. The van der Waals surface area contributed by atoms with Gasteiger partial charge in [-0.1, -0.05) is 0 Å². The maximum atomic E-state index is 13.1. The summed E-state index contributed by atoms with van der Waals surface area (Å²) in [6.45, 7) is 3.54. The number of likely N-dealkylation sites (tertiary alicyclic amines) is 1. The van der Waals surface area contributed by atoms with Crippen molar-refractivity contribution in [3.8, 4) is 0 Å². The van der Waals surface area contributed by atoms with E-state index in [4.69, 9.17) is 4.42 Å². The molecule has 130 valence electrons. The Hall–Kier alpha value is -2.70. The Labute approximate surface area is 145 Å². The molecule has 4 rings (SSSR count). The summed E-state index contributed by atoms with van der Waals surface area (Å²) in [6, 6.07) is 3.48. The topological polar surface area (TPSA) is 79.5 Å². The lowest BCUT2D eigenvalue weighted by Gasteiger charge is -2.38. The fourth-order valence-corrected chi connectivity index (χ4v) is 3.89. The zero-order valence-electron chi connectivity index (χ0n) is 14.1. The van der Waals surface area contributed by atoms with Gasteiger partial charge in [-0.25, -0.2) is 9.97 Å². The van der Waals surface area contributed by atoms with Crippen LogP contribution in [0.25, 0.3) is 0 Å². The van der Waals surface area contributed by atoms with E-state index >= 15 is 0 Å². The first kappa shape index (κ1) is 15.8. The predicted octanol–water partition coefficient (Wildman–Crippen LogP) is 2.04. The van der Waals surface area contributed by atoms with Crippen LogP contribution in [0.15, 0.2) is 35.3 Å². The summed E-state index contributed by atoms with van der Waals surface area (Å²) in [6.07, 6.45) is 7.11. The van der Waals surface area contributed by atoms with Crippen molar-refractivity contribution in [1.82, 2.24) is 14.9 Å². The molecule has 1 spiro atoms. The number of rotatable bonds is 2. The highest BCUT2D eigenvalue weighted by atomic mass is 16.3. The Kier molecular flexibility index (Phi) is 3.78. The lowest BCUT2D eigenvalue weighted by atomic mass is 9.78. The number of hydrogen-bond acceptors (Lipinski definition) is 5. The van der Waals surface area contributed by atoms with E-state index in [-0.39, 0.29) is 11.8 Å². The highest BCUT2D eigenvalue weighted by Gasteiger charge is 2.50. The third-order valence-corrected chi connectivity index (χ3v) is 5.19. The third-order valence-electron chi connectivity index (χ3n) is 5.19. The number of carbonyl (C=O) groups is 2. The smallest absolute Gasteiger partial charge is 0.289 e. The summed E-state index contributed by atoms with van der Waals surface area (Å²) in [5.74, 6) is 0.979. The van der Waals surface area contributed by atoms with Crippen molar-refractivity contribution in [2.75, 3.05) is 24.5 Å². The van der Waals surface area contributed by atoms with Crippen LogP contribution in [0.3, 0.4) is 0 Å². The molecular weight excluding hydrogens is 320 g/mol. The molecule has 2 aliphatic heterocycles. The lowest BCUT2D eigenvalue weighted by molar-refractivity contribution is -0.127. The van der Waals surface area contributed by atoms with E-state index in [1.54, 1.807) is 34.3 Å². The normalized spacial score (nSPS) is 23.5. The Morgan fingerprint density at radius 3 is 2.72 bits per heavy atom. The number of amides is 2. The number of piperidine rings is 1. The van der Waals surface area contributed by atoms with Gasteiger partial charge in [-0.05, 0) is 38.3 Å². The highest BCUT2D eigenvalue weighted by Crippen LogP contribution is 2.41. The van der Waals surface area contributed by atoms with Gasteiger partial charge < -0.3 is 14.2 Å². The van der Waals surface area contributed by atoms with E-state index in [9.17, 15) is 9.59 Å².